The number of ether oxygens (including phenoxy) is 1. The van der Waals surface area contributed by atoms with Crippen LogP contribution in [0.3, 0.4) is 0 Å². The van der Waals surface area contributed by atoms with Crippen LogP contribution in [-0.2, 0) is 4.74 Å². The molecule has 0 spiro atoms. The summed E-state index contributed by atoms with van der Waals surface area (Å²) in [6.07, 6.45) is 4.16. The summed E-state index contributed by atoms with van der Waals surface area (Å²) < 4.78 is 5.85. The zero-order chi connectivity index (χ0) is 12.4. The monoisotopic (exact) mass is 240 g/mol. The molecule has 2 heterocycles. The summed E-state index contributed by atoms with van der Waals surface area (Å²) in [5.41, 5.74) is 6.01. The van der Waals surface area contributed by atoms with Gasteiger partial charge < -0.3 is 10.5 Å². The molecule has 0 aromatic carbocycles. The van der Waals surface area contributed by atoms with Gasteiger partial charge in [-0.15, -0.1) is 0 Å². The molecule has 0 aromatic heterocycles. The van der Waals surface area contributed by atoms with Gasteiger partial charge in [0.15, 0.2) is 0 Å². The van der Waals surface area contributed by atoms with Gasteiger partial charge in [0, 0.05) is 25.2 Å². The van der Waals surface area contributed by atoms with Crippen molar-refractivity contribution < 1.29 is 4.74 Å². The molecule has 0 bridgehead atoms. The third-order valence-electron chi connectivity index (χ3n) is 4.55. The smallest absolute Gasteiger partial charge is 0.0612 e. The predicted molar refractivity (Wildman–Crippen MR) is 70.9 cm³/mol. The van der Waals surface area contributed by atoms with Crippen molar-refractivity contribution in [1.82, 2.24) is 4.90 Å². The van der Waals surface area contributed by atoms with Gasteiger partial charge in [0.2, 0.25) is 0 Å². The Morgan fingerprint density at radius 1 is 1.24 bits per heavy atom. The van der Waals surface area contributed by atoms with Gasteiger partial charge in [-0.2, -0.15) is 0 Å². The van der Waals surface area contributed by atoms with Crippen molar-refractivity contribution in [2.75, 3.05) is 19.7 Å². The topological polar surface area (TPSA) is 38.5 Å². The molecular weight excluding hydrogens is 212 g/mol. The lowest BCUT2D eigenvalue weighted by Gasteiger charge is -2.37. The highest BCUT2D eigenvalue weighted by Crippen LogP contribution is 2.28. The van der Waals surface area contributed by atoms with E-state index in [0.29, 0.717) is 24.0 Å². The second-order valence-electron chi connectivity index (χ2n) is 6.23. The second kappa shape index (κ2) is 5.68. The number of hydrogen-bond acceptors (Lipinski definition) is 3. The molecule has 4 atom stereocenters. The van der Waals surface area contributed by atoms with Crippen molar-refractivity contribution in [3.05, 3.63) is 0 Å². The molecule has 2 N–H and O–H groups in total. The molecule has 0 radical (unpaired) electrons. The molecule has 17 heavy (non-hydrogen) atoms. The highest BCUT2D eigenvalue weighted by atomic mass is 16.5. The van der Waals surface area contributed by atoms with Gasteiger partial charge in [-0.3, -0.25) is 4.90 Å². The van der Waals surface area contributed by atoms with Crippen LogP contribution in [0, 0.1) is 11.8 Å². The van der Waals surface area contributed by atoms with Crippen LogP contribution in [0.25, 0.3) is 0 Å². The zero-order valence-electron chi connectivity index (χ0n) is 11.6. The second-order valence-corrected chi connectivity index (χ2v) is 6.23. The quantitative estimate of drug-likeness (QED) is 0.818. The van der Waals surface area contributed by atoms with E-state index < -0.39 is 0 Å². The van der Waals surface area contributed by atoms with E-state index in [1.165, 1.54) is 32.4 Å². The van der Waals surface area contributed by atoms with E-state index in [1.807, 2.05) is 0 Å². The van der Waals surface area contributed by atoms with Crippen LogP contribution < -0.4 is 5.73 Å². The Morgan fingerprint density at radius 3 is 2.59 bits per heavy atom. The molecule has 2 aliphatic rings. The molecule has 3 nitrogen and oxygen atoms in total. The van der Waals surface area contributed by atoms with E-state index in [4.69, 9.17) is 10.5 Å². The van der Waals surface area contributed by atoms with Crippen molar-refractivity contribution in [2.24, 2.45) is 17.6 Å². The Balaban J connectivity index is 1.86. The average molecular weight is 240 g/mol. The fourth-order valence-corrected chi connectivity index (χ4v) is 3.18. The third kappa shape index (κ3) is 3.21. The highest BCUT2D eigenvalue weighted by molar-refractivity contribution is 4.88. The third-order valence-corrected chi connectivity index (χ3v) is 4.55. The van der Waals surface area contributed by atoms with Crippen LogP contribution in [0.5, 0.6) is 0 Å². The summed E-state index contributed by atoms with van der Waals surface area (Å²) in [5.74, 6) is 1.35. The first-order valence-corrected chi connectivity index (χ1v) is 7.19. The zero-order valence-corrected chi connectivity index (χ0v) is 11.6. The number of nitrogens with two attached hydrogens (primary N) is 1. The highest BCUT2D eigenvalue weighted by Gasteiger charge is 2.34. The molecule has 3 heteroatoms. The summed E-state index contributed by atoms with van der Waals surface area (Å²) in [6, 6.07) is 1.08. The van der Waals surface area contributed by atoms with Crippen molar-refractivity contribution in [3.63, 3.8) is 0 Å². The Labute approximate surface area is 106 Å². The minimum absolute atomic E-state index is 0.348. The Hall–Kier alpha value is -0.120. The lowest BCUT2D eigenvalue weighted by atomic mass is 9.94. The van der Waals surface area contributed by atoms with Gasteiger partial charge in [-0.1, -0.05) is 13.8 Å². The SMILES string of the molecule is CC(C)C1CC(N2CCC(C(C)N)C2)CCO1. The van der Waals surface area contributed by atoms with E-state index in [1.54, 1.807) is 0 Å². The van der Waals surface area contributed by atoms with E-state index >= 15 is 0 Å². The van der Waals surface area contributed by atoms with Gasteiger partial charge in [-0.05, 0) is 44.6 Å². The first kappa shape index (κ1) is 13.3. The molecule has 2 saturated heterocycles. The van der Waals surface area contributed by atoms with Gasteiger partial charge >= 0.3 is 0 Å². The van der Waals surface area contributed by atoms with Gasteiger partial charge in [-0.25, -0.2) is 0 Å². The number of hydrogen-bond donors (Lipinski definition) is 1. The van der Waals surface area contributed by atoms with Crippen LogP contribution in [0.2, 0.25) is 0 Å². The van der Waals surface area contributed by atoms with Crippen LogP contribution >= 0.6 is 0 Å². The molecular formula is C14H28N2O. The first-order chi connectivity index (χ1) is 8.08. The number of nitrogens with zero attached hydrogens (tertiary/aromatic N) is 1. The maximum Gasteiger partial charge on any atom is 0.0612 e. The minimum atomic E-state index is 0.348. The summed E-state index contributed by atoms with van der Waals surface area (Å²) >= 11 is 0. The van der Waals surface area contributed by atoms with Crippen LogP contribution in [0.1, 0.15) is 40.0 Å². The standard InChI is InChI=1S/C14H28N2O/c1-10(2)14-8-13(5-7-17-14)16-6-4-12(9-16)11(3)15/h10-14H,4-9,15H2,1-3H3. The van der Waals surface area contributed by atoms with Crippen molar-refractivity contribution >= 4 is 0 Å². The van der Waals surface area contributed by atoms with Gasteiger partial charge in [0.25, 0.3) is 0 Å². The van der Waals surface area contributed by atoms with E-state index in [-0.39, 0.29) is 0 Å². The van der Waals surface area contributed by atoms with Crippen molar-refractivity contribution in [3.8, 4) is 0 Å². The fourth-order valence-electron chi connectivity index (χ4n) is 3.18. The molecule has 2 fully saturated rings. The maximum atomic E-state index is 6.01. The summed E-state index contributed by atoms with van der Waals surface area (Å²) in [5, 5.41) is 0. The largest absolute Gasteiger partial charge is 0.378 e. The minimum Gasteiger partial charge on any atom is -0.378 e. The van der Waals surface area contributed by atoms with E-state index in [0.717, 1.165) is 12.6 Å². The van der Waals surface area contributed by atoms with Crippen molar-refractivity contribution in [2.45, 2.75) is 58.2 Å². The van der Waals surface area contributed by atoms with E-state index in [2.05, 4.69) is 25.7 Å². The molecule has 0 saturated carbocycles. The van der Waals surface area contributed by atoms with Gasteiger partial charge in [0.1, 0.15) is 0 Å². The van der Waals surface area contributed by atoms with Crippen molar-refractivity contribution in [1.29, 1.82) is 0 Å². The Kier molecular flexibility index (Phi) is 4.45. The normalized spacial score (nSPS) is 37.6. The summed E-state index contributed by atoms with van der Waals surface area (Å²) in [6.45, 7) is 10.1. The maximum absolute atomic E-state index is 6.01. The summed E-state index contributed by atoms with van der Waals surface area (Å²) in [7, 11) is 0. The van der Waals surface area contributed by atoms with Crippen LogP contribution in [-0.4, -0.2) is 42.8 Å². The predicted octanol–water partition coefficient (Wildman–Crippen LogP) is 1.86. The fraction of sp³-hybridized carbons (Fsp3) is 1.00. The molecule has 2 rings (SSSR count). The Bertz CT molecular complexity index is 242. The summed E-state index contributed by atoms with van der Waals surface area (Å²) in [4.78, 5) is 2.66. The molecule has 0 aliphatic carbocycles. The Morgan fingerprint density at radius 2 is 2.00 bits per heavy atom. The van der Waals surface area contributed by atoms with Crippen LogP contribution in [0.4, 0.5) is 0 Å². The molecule has 0 aromatic rings. The average Bonchev–Trinajstić information content (AvgIpc) is 2.78. The van der Waals surface area contributed by atoms with Gasteiger partial charge in [0.05, 0.1) is 6.10 Å². The molecule has 0 amide bonds. The molecule has 2 aliphatic heterocycles. The lowest BCUT2D eigenvalue weighted by molar-refractivity contribution is -0.0452. The number of likely N-dealkylation sites (tertiary alicyclic amines) is 1. The molecule has 4 unspecified atom stereocenters. The van der Waals surface area contributed by atoms with E-state index in [9.17, 15) is 0 Å². The first-order valence-electron chi connectivity index (χ1n) is 7.19. The molecule has 100 valence electrons. The number of rotatable bonds is 3. The van der Waals surface area contributed by atoms with Crippen LogP contribution in [0.15, 0.2) is 0 Å². The lowest BCUT2D eigenvalue weighted by Crippen LogP contribution is -2.43.